The van der Waals surface area contributed by atoms with Gasteiger partial charge in [-0.2, -0.15) is 5.10 Å². The lowest BCUT2D eigenvalue weighted by atomic mass is 10.1. The number of aromatic nitrogens is 4. The summed E-state index contributed by atoms with van der Waals surface area (Å²) in [5.74, 6) is 0.901. The van der Waals surface area contributed by atoms with Gasteiger partial charge >= 0.3 is 0 Å². The molecule has 7 heteroatoms. The van der Waals surface area contributed by atoms with Crippen LogP contribution in [0.4, 0.5) is 0 Å². The number of likely N-dealkylation sites (tertiary alicyclic amines) is 1. The minimum atomic E-state index is 0.137. The van der Waals surface area contributed by atoms with Gasteiger partial charge in [-0.05, 0) is 42.7 Å². The molecule has 1 aliphatic rings. The lowest BCUT2D eigenvalue weighted by Crippen LogP contribution is -2.27. The van der Waals surface area contributed by atoms with Gasteiger partial charge in [0.2, 0.25) is 0 Å². The van der Waals surface area contributed by atoms with Gasteiger partial charge in [-0.25, -0.2) is 14.6 Å². The predicted molar refractivity (Wildman–Crippen MR) is 118 cm³/mol. The minimum absolute atomic E-state index is 0.137. The zero-order chi connectivity index (χ0) is 20.3. The lowest BCUT2D eigenvalue weighted by molar-refractivity contribution is 0.0793. The Labute approximate surface area is 179 Å². The number of hydrogen-bond acceptors (Lipinski definition) is 5. The molecule has 3 heterocycles. The number of fused-ring (bicyclic) bond motifs is 1. The Morgan fingerprint density at radius 2 is 1.73 bits per heavy atom. The molecule has 0 spiro atoms. The third-order valence-electron chi connectivity index (χ3n) is 5.30. The van der Waals surface area contributed by atoms with Gasteiger partial charge in [0.25, 0.3) is 5.91 Å². The molecule has 5 rings (SSSR count). The zero-order valence-corrected chi connectivity index (χ0v) is 17.3. The summed E-state index contributed by atoms with van der Waals surface area (Å²) in [5, 5.41) is 6.35. The summed E-state index contributed by atoms with van der Waals surface area (Å²) in [6.07, 6.45) is 5.62. The molecule has 0 unspecified atom stereocenters. The molecule has 1 aliphatic heterocycles. The first-order valence-electron chi connectivity index (χ1n) is 10.0. The van der Waals surface area contributed by atoms with Gasteiger partial charge in [0.05, 0.1) is 17.3 Å². The molecule has 0 saturated carbocycles. The maximum Gasteiger partial charge on any atom is 0.253 e. The van der Waals surface area contributed by atoms with Crippen molar-refractivity contribution in [3.8, 4) is 5.69 Å². The van der Waals surface area contributed by atoms with Crippen LogP contribution in [0.3, 0.4) is 0 Å². The average molecular weight is 416 g/mol. The molecule has 1 amide bonds. The Hall–Kier alpha value is -3.19. The van der Waals surface area contributed by atoms with E-state index in [-0.39, 0.29) is 5.91 Å². The summed E-state index contributed by atoms with van der Waals surface area (Å²) >= 11 is 1.65. The van der Waals surface area contributed by atoms with Gasteiger partial charge in [-0.15, -0.1) is 11.8 Å². The quantitative estimate of drug-likeness (QED) is 0.358. The molecule has 150 valence electrons. The number of nitrogens with zero attached hydrogens (tertiary/aromatic N) is 5. The summed E-state index contributed by atoms with van der Waals surface area (Å²) in [6.45, 7) is 1.74. The van der Waals surface area contributed by atoms with Gasteiger partial charge in [-0.1, -0.05) is 30.3 Å². The highest BCUT2D eigenvalue weighted by Gasteiger charge is 2.19. The van der Waals surface area contributed by atoms with Crippen LogP contribution in [-0.2, 0) is 5.75 Å². The van der Waals surface area contributed by atoms with E-state index in [1.165, 1.54) is 0 Å². The summed E-state index contributed by atoms with van der Waals surface area (Å²) in [6, 6.07) is 17.9. The minimum Gasteiger partial charge on any atom is -0.339 e. The molecule has 0 bridgehead atoms. The Morgan fingerprint density at radius 3 is 2.50 bits per heavy atom. The second-order valence-corrected chi connectivity index (χ2v) is 8.26. The van der Waals surface area contributed by atoms with E-state index in [2.05, 4.69) is 15.1 Å². The molecular weight excluding hydrogens is 394 g/mol. The highest BCUT2D eigenvalue weighted by molar-refractivity contribution is 7.98. The largest absolute Gasteiger partial charge is 0.339 e. The van der Waals surface area contributed by atoms with Gasteiger partial charge in [0.15, 0.2) is 5.65 Å². The molecule has 0 N–H and O–H groups in total. The highest BCUT2D eigenvalue weighted by atomic mass is 32.2. The Morgan fingerprint density at radius 1 is 0.967 bits per heavy atom. The van der Waals surface area contributed by atoms with Crippen LogP contribution >= 0.6 is 11.8 Å². The zero-order valence-electron chi connectivity index (χ0n) is 16.4. The number of thioether (sulfide) groups is 1. The number of benzene rings is 2. The maximum absolute atomic E-state index is 12.5. The lowest BCUT2D eigenvalue weighted by Gasteiger charge is -2.15. The normalized spacial score (nSPS) is 13.8. The number of para-hydroxylation sites is 1. The second kappa shape index (κ2) is 8.28. The third kappa shape index (κ3) is 3.68. The van der Waals surface area contributed by atoms with Crippen molar-refractivity contribution in [3.63, 3.8) is 0 Å². The Kier molecular flexibility index (Phi) is 5.19. The van der Waals surface area contributed by atoms with Crippen LogP contribution in [-0.4, -0.2) is 43.6 Å². The van der Waals surface area contributed by atoms with Crippen molar-refractivity contribution in [2.24, 2.45) is 0 Å². The molecule has 2 aromatic carbocycles. The van der Waals surface area contributed by atoms with Gasteiger partial charge < -0.3 is 4.90 Å². The van der Waals surface area contributed by atoms with E-state index in [9.17, 15) is 4.79 Å². The van der Waals surface area contributed by atoms with Crippen molar-refractivity contribution in [1.82, 2.24) is 24.6 Å². The van der Waals surface area contributed by atoms with E-state index in [1.54, 1.807) is 18.1 Å². The van der Waals surface area contributed by atoms with Crippen LogP contribution in [0.1, 0.15) is 28.8 Å². The molecule has 30 heavy (non-hydrogen) atoms. The first-order chi connectivity index (χ1) is 14.8. The van der Waals surface area contributed by atoms with Crippen molar-refractivity contribution < 1.29 is 4.79 Å². The van der Waals surface area contributed by atoms with Crippen molar-refractivity contribution in [3.05, 3.63) is 78.2 Å². The molecule has 2 aromatic heterocycles. The van der Waals surface area contributed by atoms with E-state index in [4.69, 9.17) is 0 Å². The van der Waals surface area contributed by atoms with E-state index in [1.807, 2.05) is 70.4 Å². The van der Waals surface area contributed by atoms with Crippen LogP contribution in [0.2, 0.25) is 0 Å². The summed E-state index contributed by atoms with van der Waals surface area (Å²) in [4.78, 5) is 23.3. The van der Waals surface area contributed by atoms with Crippen LogP contribution < -0.4 is 0 Å². The van der Waals surface area contributed by atoms with Gasteiger partial charge in [0.1, 0.15) is 11.4 Å². The molecule has 1 fully saturated rings. The monoisotopic (exact) mass is 415 g/mol. The molecule has 0 aliphatic carbocycles. The van der Waals surface area contributed by atoms with Crippen molar-refractivity contribution in [2.75, 3.05) is 13.1 Å². The van der Waals surface area contributed by atoms with Crippen molar-refractivity contribution >= 4 is 28.7 Å². The number of carbonyl (C=O) groups is 1. The fourth-order valence-corrected chi connectivity index (χ4v) is 4.61. The molecule has 0 radical (unpaired) electrons. The number of hydrogen-bond donors (Lipinski definition) is 0. The molecular formula is C23H21N5OS. The van der Waals surface area contributed by atoms with E-state index in [0.717, 1.165) is 64.6 Å². The summed E-state index contributed by atoms with van der Waals surface area (Å²) in [7, 11) is 0. The Balaban J connectivity index is 1.32. The highest BCUT2D eigenvalue weighted by Crippen LogP contribution is 2.28. The predicted octanol–water partition coefficient (Wildman–Crippen LogP) is 4.34. The fourth-order valence-electron chi connectivity index (χ4n) is 3.69. The maximum atomic E-state index is 12.5. The summed E-state index contributed by atoms with van der Waals surface area (Å²) in [5.41, 5.74) is 3.69. The van der Waals surface area contributed by atoms with Crippen LogP contribution in [0.25, 0.3) is 16.7 Å². The average Bonchev–Trinajstić information content (AvgIpc) is 3.49. The van der Waals surface area contributed by atoms with Gasteiger partial charge in [0, 0.05) is 24.4 Å². The molecule has 4 aromatic rings. The Bertz CT molecular complexity index is 1170. The molecule has 0 atom stereocenters. The van der Waals surface area contributed by atoms with Crippen LogP contribution in [0.15, 0.2) is 72.1 Å². The van der Waals surface area contributed by atoms with Crippen LogP contribution in [0.5, 0.6) is 0 Å². The van der Waals surface area contributed by atoms with Crippen LogP contribution in [0, 0.1) is 0 Å². The number of rotatable bonds is 5. The number of carbonyl (C=O) groups excluding carboxylic acids is 1. The van der Waals surface area contributed by atoms with E-state index < -0.39 is 0 Å². The van der Waals surface area contributed by atoms with Crippen molar-refractivity contribution in [1.29, 1.82) is 0 Å². The molecule has 1 saturated heterocycles. The summed E-state index contributed by atoms with van der Waals surface area (Å²) < 4.78 is 1.83. The van der Waals surface area contributed by atoms with E-state index in [0.29, 0.717) is 0 Å². The van der Waals surface area contributed by atoms with Crippen molar-refractivity contribution in [2.45, 2.75) is 23.6 Å². The van der Waals surface area contributed by atoms with Gasteiger partial charge in [-0.3, -0.25) is 4.79 Å². The first kappa shape index (κ1) is 18.8. The second-order valence-electron chi connectivity index (χ2n) is 7.29. The third-order valence-corrected chi connectivity index (χ3v) is 6.38. The fraction of sp³-hybridized carbons (Fsp3) is 0.217. The topological polar surface area (TPSA) is 63.9 Å². The first-order valence-corrected chi connectivity index (χ1v) is 11.0. The standard InChI is InChI=1S/C23H21N5OS/c29-23(27-12-4-5-13-27)18-10-8-17(9-11-18)15-30-22-20-14-26-28(21(20)24-16-25-22)19-6-2-1-3-7-19/h1-3,6-11,14,16H,4-5,12-13,15H2. The SMILES string of the molecule is O=C(c1ccc(CSc2ncnc3c2cnn3-c2ccccc2)cc1)N1CCCC1. The number of amides is 1. The smallest absolute Gasteiger partial charge is 0.253 e. The molecule has 6 nitrogen and oxygen atoms in total. The van der Waals surface area contributed by atoms with E-state index >= 15 is 0 Å².